The molecular weight excluding hydrogens is 2090 g/mol. The van der Waals surface area contributed by atoms with Gasteiger partial charge in [0, 0.05) is 164 Å². The lowest BCUT2D eigenvalue weighted by Gasteiger charge is -2.28. The Morgan fingerprint density at radius 3 is 1.39 bits per heavy atom. The van der Waals surface area contributed by atoms with Crippen molar-refractivity contribution in [3.63, 3.8) is 0 Å². The molecule has 0 amide bonds. The first-order chi connectivity index (χ1) is 71.2. The van der Waals surface area contributed by atoms with Crippen LogP contribution >= 0.6 is 58.2 Å². The number of halogens is 12. The van der Waals surface area contributed by atoms with Gasteiger partial charge in [-0.25, -0.2) is 30.4 Å². The number of ketones is 2. The minimum Gasteiger partial charge on any atom is -0.772 e. The SMILES string of the molecule is CC(=O)c1cc(F)cc2c3c(n(Cc4ccc(Cl)cc4)c12)[C@@H](CC(=O)O)CC3.CC(C)c1cc(F)cc2c1c(Sc1ccc(Cl)cc1)c1n2CCC[C@@H]1CC(=O)O.CS(=O)(=O)c1cc(F)cc2c1c(C(=O)c1ccc(Cl)cc1)c1n2CCC[C@@H]1CC(=O)O.C[C@@H](c1ccc(C(F)(F)F)cc1)n1c2c(c3cc(F)cc(CS(=O)[O-])c31)CCC[C@@H]2CC(=O)O.O=C(O)C[C@H]1CCc2c1n(Cc1ccc(Cl)cc1)c1c(C3CC3)cc(F)cc21. The molecule has 6 aliphatic rings. The fraction of sp³-hybridized carbons (Fsp3) is 0.325. The van der Waals surface area contributed by atoms with E-state index in [1.165, 1.54) is 55.5 Å². The van der Waals surface area contributed by atoms with E-state index in [0.29, 0.717) is 135 Å². The molecule has 1 unspecified atom stereocenters. The van der Waals surface area contributed by atoms with Gasteiger partial charge in [0.1, 0.15) is 29.1 Å². The fourth-order valence-corrected chi connectivity index (χ4v) is 26.1. The van der Waals surface area contributed by atoms with Crippen molar-refractivity contribution in [2.75, 3.05) is 6.26 Å². The molecule has 0 bridgehead atoms. The lowest BCUT2D eigenvalue weighted by atomic mass is 9.84. The molecule has 21 rings (SSSR count). The van der Waals surface area contributed by atoms with E-state index in [4.69, 9.17) is 46.4 Å². The van der Waals surface area contributed by atoms with Crippen molar-refractivity contribution in [2.45, 2.75) is 244 Å². The number of Topliss-reactive ketones (excluding diaryl/α,β-unsaturated/α-hetero) is 1. The Balaban J connectivity index is 0.000000128. The summed E-state index contributed by atoms with van der Waals surface area (Å²) in [6.07, 6.45) is 6.24. The van der Waals surface area contributed by atoms with Crippen molar-refractivity contribution in [1.29, 1.82) is 0 Å². The lowest BCUT2D eigenvalue weighted by Crippen LogP contribution is -2.20. The number of aryl methyl sites for hydroxylation is 5. The average molecular weight is 2190 g/mol. The van der Waals surface area contributed by atoms with Gasteiger partial charge < -0.3 is 52.9 Å². The molecule has 0 radical (unpaired) electrons. The van der Waals surface area contributed by atoms with Crippen LogP contribution in [0.4, 0.5) is 35.1 Å². The number of rotatable bonds is 26. The van der Waals surface area contributed by atoms with Gasteiger partial charge in [-0.3, -0.25) is 37.8 Å². The normalized spacial score (nSPS) is 17.0. The molecule has 5 aromatic heterocycles. The Kier molecular flexibility index (Phi) is 32.6. The summed E-state index contributed by atoms with van der Waals surface area (Å²) in [5.41, 5.74) is 15.2. The first-order valence-electron chi connectivity index (χ1n) is 49.3. The Labute approximate surface area is 884 Å². The Morgan fingerprint density at radius 1 is 0.480 bits per heavy atom. The number of carbonyl (C=O) groups is 7. The molecule has 7 heterocycles. The van der Waals surface area contributed by atoms with Crippen LogP contribution in [0.15, 0.2) is 197 Å². The zero-order chi connectivity index (χ0) is 107. The van der Waals surface area contributed by atoms with Crippen LogP contribution in [0.3, 0.4) is 0 Å². The second-order valence-corrected chi connectivity index (χ2v) is 45.4. The smallest absolute Gasteiger partial charge is 0.416 e. The maximum atomic E-state index is 14.5. The Bertz CT molecular complexity index is 8020. The van der Waals surface area contributed by atoms with Crippen LogP contribution in [0, 0.1) is 29.1 Å². The summed E-state index contributed by atoms with van der Waals surface area (Å²) in [7, 11) is -3.88. The molecule has 4 aliphatic carbocycles. The quantitative estimate of drug-likeness (QED) is 0.0191. The highest BCUT2D eigenvalue weighted by molar-refractivity contribution is 7.99. The van der Waals surface area contributed by atoms with Crippen LogP contribution in [-0.4, -0.2) is 113 Å². The number of carbonyl (C=O) groups excluding carboxylic acids is 2. The van der Waals surface area contributed by atoms with Crippen molar-refractivity contribution in [3.05, 3.63) is 332 Å². The molecule has 1 saturated carbocycles. The van der Waals surface area contributed by atoms with Gasteiger partial charge in [-0.2, -0.15) is 13.2 Å². The van der Waals surface area contributed by atoms with Crippen LogP contribution in [0.25, 0.3) is 54.5 Å². The average Bonchev–Trinajstić information content (AvgIpc) is 1.57. The van der Waals surface area contributed by atoms with Gasteiger partial charge in [0.05, 0.1) is 81.8 Å². The van der Waals surface area contributed by atoms with Gasteiger partial charge in [0.25, 0.3) is 0 Å². The van der Waals surface area contributed by atoms with Crippen LogP contribution < -0.4 is 0 Å². The van der Waals surface area contributed by atoms with E-state index in [0.717, 1.165) is 163 Å². The van der Waals surface area contributed by atoms with E-state index in [1.54, 1.807) is 71.8 Å². The second kappa shape index (κ2) is 44.9. The van der Waals surface area contributed by atoms with E-state index >= 15 is 0 Å². The number of fused-ring (bicyclic) bond motifs is 15. The Hall–Kier alpha value is -12.4. The monoisotopic (exact) mass is 2190 g/mol. The number of nitrogens with zero attached hydrogens (tertiary/aromatic N) is 5. The predicted octanol–water partition coefficient (Wildman–Crippen LogP) is 28.2. The molecular formula is C114H104Cl4F8N5O16S3-. The third-order valence-electron chi connectivity index (χ3n) is 29.2. The number of aliphatic carboxylic acids is 5. The van der Waals surface area contributed by atoms with Crippen LogP contribution in [0.5, 0.6) is 0 Å². The van der Waals surface area contributed by atoms with Gasteiger partial charge in [0.2, 0.25) is 0 Å². The third kappa shape index (κ3) is 23.3. The lowest BCUT2D eigenvalue weighted by molar-refractivity contribution is -0.138. The molecule has 0 spiro atoms. The van der Waals surface area contributed by atoms with Gasteiger partial charge in [-0.15, -0.1) is 0 Å². The molecule has 0 saturated heterocycles. The summed E-state index contributed by atoms with van der Waals surface area (Å²) >= 11 is 23.1. The van der Waals surface area contributed by atoms with E-state index in [1.807, 2.05) is 69.8 Å². The highest BCUT2D eigenvalue weighted by Crippen LogP contribution is 2.54. The van der Waals surface area contributed by atoms with Gasteiger partial charge in [-0.05, 0) is 305 Å². The largest absolute Gasteiger partial charge is 0.772 e. The fourth-order valence-electron chi connectivity index (χ4n) is 23.0. The third-order valence-corrected chi connectivity index (χ3v) is 33.0. The molecule has 21 nitrogen and oxygen atoms in total. The maximum absolute atomic E-state index is 14.5. The topological polar surface area (TPSA) is 320 Å². The number of benzene rings is 10. The highest BCUT2D eigenvalue weighted by atomic mass is 35.5. The summed E-state index contributed by atoms with van der Waals surface area (Å²) in [5.74, 6) is -8.39. The summed E-state index contributed by atoms with van der Waals surface area (Å²) in [6, 6.07) is 46.9. The molecule has 5 N–H and O–H groups in total. The van der Waals surface area contributed by atoms with E-state index in [-0.39, 0.29) is 112 Å². The van der Waals surface area contributed by atoms with Crippen molar-refractivity contribution in [1.82, 2.24) is 22.8 Å². The van der Waals surface area contributed by atoms with E-state index in [9.17, 15) is 111 Å². The first kappa shape index (κ1) is 109. The van der Waals surface area contributed by atoms with Crippen molar-refractivity contribution < 1.29 is 111 Å². The minimum absolute atomic E-state index is 0.0157. The van der Waals surface area contributed by atoms with Gasteiger partial charge >= 0.3 is 36.0 Å². The number of sulfone groups is 1. The van der Waals surface area contributed by atoms with Crippen LogP contribution in [-0.2, 0) is 102 Å². The molecule has 1 fully saturated rings. The van der Waals surface area contributed by atoms with Crippen LogP contribution in [0.1, 0.15) is 282 Å². The number of alkyl halides is 3. The van der Waals surface area contributed by atoms with Crippen molar-refractivity contribution in [3.8, 4) is 0 Å². The highest BCUT2D eigenvalue weighted by Gasteiger charge is 2.42. The van der Waals surface area contributed by atoms with Gasteiger partial charge in [0.15, 0.2) is 21.4 Å². The second-order valence-electron chi connectivity index (χ2n) is 39.7. The van der Waals surface area contributed by atoms with E-state index in [2.05, 4.69) is 23.0 Å². The minimum atomic E-state index is -4.49. The van der Waals surface area contributed by atoms with E-state index < -0.39 is 103 Å². The number of hydrogen-bond donors (Lipinski definition) is 5. The van der Waals surface area contributed by atoms with Gasteiger partial charge in [-0.1, -0.05) is 119 Å². The first-order valence-corrected chi connectivity index (χ1v) is 54.7. The molecule has 36 heteroatoms. The van der Waals surface area contributed by atoms with Crippen LogP contribution in [0.2, 0.25) is 20.1 Å². The Morgan fingerprint density at radius 2 is 0.907 bits per heavy atom. The molecule has 15 aromatic rings. The molecule has 7 atom stereocenters. The summed E-state index contributed by atoms with van der Waals surface area (Å²) < 4.78 is 169. The molecule has 10 aromatic carbocycles. The molecule has 784 valence electrons. The number of carboxylic acids is 5. The summed E-state index contributed by atoms with van der Waals surface area (Å²) in [6.45, 7) is 9.64. The summed E-state index contributed by atoms with van der Waals surface area (Å²) in [4.78, 5) is 85.1. The number of hydrogen-bond acceptors (Lipinski definition) is 12. The zero-order valence-corrected chi connectivity index (χ0v) is 87.4. The maximum Gasteiger partial charge on any atom is 0.416 e. The predicted molar refractivity (Wildman–Crippen MR) is 561 cm³/mol. The summed E-state index contributed by atoms with van der Waals surface area (Å²) in [5, 5.41) is 52.9. The number of aromatic nitrogens is 5. The number of carboxylic acid groups (broad SMARTS) is 5. The molecule has 150 heavy (non-hydrogen) atoms. The van der Waals surface area contributed by atoms with Crippen molar-refractivity contribution >= 4 is 175 Å². The molecule has 2 aliphatic heterocycles. The standard InChI is InChI=1S/C24H23F4NO4S.C23H23ClFNO2S.C23H21ClFNO2.C22H19ClFNO5S.C22H19ClFNO3/c1-13(14-5-7-17(8-6-14)24(26,27)28)29-22-15(10-21(30)31)3-2-4-19(22)20-11-18(25)9-16(23(20)29)12-34(32)33;1-13(2)18-11-16(25)12-19-21(18)23(29-17-7-5-15(24)6-8-17)22-14(10-20(27)28)4-3-9-26(19)22;24-16-6-1-13(2-7-16)12-26-22-15(9-21(27)28)5-8-18(22)20-11-17(25)10-19(23(20)26)14-3-4-14;1-31(29,30)17-11-15(24)10-16-19(17)20(22(28)12-4-6-14(23)7-5-12)21-13(9-18(26)27)3-2-8-25(16)21;1-12(26)18-9-16(24)10-19-17-7-4-14(8-20(27)28)21(17)25(22(18)19)11-13-2-5-15(23)6-3-13/h5-9,11,13,15H,2-4,10,12H2,1H3,(H,30,31)(H,32,33);5-8,11-14H,3-4,9-10H2,1-2H3,(H,27,28);1-2,6-7,10-11,14-15H,3-5,8-9,12H2,(H,27,28);4-7,10-11,13H,2-3,8-9H2,1H3,(H,26,27);2-3,5-6,9-10,14H,4,7-8,11H2,1H3,(H,27,28)/p-1/t13-,15+;14-;15-;13-;14-/m01111/s1. The zero-order valence-electron chi connectivity index (χ0n) is 81.9. The van der Waals surface area contributed by atoms with Crippen molar-refractivity contribution in [2.24, 2.45) is 0 Å².